The van der Waals surface area contributed by atoms with Gasteiger partial charge in [-0.2, -0.15) is 0 Å². The third-order valence-corrected chi connectivity index (χ3v) is 7.34. The fourth-order valence-corrected chi connectivity index (χ4v) is 6.28. The monoisotopic (exact) mass is 369 g/mol. The van der Waals surface area contributed by atoms with Crippen molar-refractivity contribution in [3.63, 3.8) is 0 Å². The fourth-order valence-electron chi connectivity index (χ4n) is 4.25. The number of nitrogens with zero attached hydrogens (tertiary/aromatic N) is 3. The Bertz CT molecular complexity index is 706. The Morgan fingerprint density at radius 3 is 2.64 bits per heavy atom. The van der Waals surface area contributed by atoms with Crippen LogP contribution in [0.25, 0.3) is 0 Å². The van der Waals surface area contributed by atoms with E-state index in [1.165, 1.54) is 19.3 Å². The SMILES string of the molecule is COCCn1c(CN2CC3CCC2C3)cnc1S(=O)(=O)CC(C)(C)C. The van der Waals surface area contributed by atoms with Crippen molar-refractivity contribution in [1.29, 1.82) is 0 Å². The number of ether oxygens (including phenoxy) is 1. The van der Waals surface area contributed by atoms with Crippen LogP contribution in [0.4, 0.5) is 0 Å². The van der Waals surface area contributed by atoms with E-state index in [0.29, 0.717) is 19.2 Å². The zero-order valence-corrected chi connectivity index (χ0v) is 16.7. The van der Waals surface area contributed by atoms with Gasteiger partial charge in [-0.15, -0.1) is 0 Å². The number of aromatic nitrogens is 2. The van der Waals surface area contributed by atoms with Crippen molar-refractivity contribution in [1.82, 2.24) is 14.5 Å². The van der Waals surface area contributed by atoms with E-state index < -0.39 is 9.84 Å². The zero-order valence-electron chi connectivity index (χ0n) is 15.9. The highest BCUT2D eigenvalue weighted by atomic mass is 32.2. The van der Waals surface area contributed by atoms with E-state index in [4.69, 9.17) is 4.74 Å². The van der Waals surface area contributed by atoms with Gasteiger partial charge in [-0.25, -0.2) is 13.4 Å². The van der Waals surface area contributed by atoms with Crippen LogP contribution < -0.4 is 0 Å². The first-order valence-corrected chi connectivity index (χ1v) is 10.8. The normalized spacial score (nSPS) is 24.3. The Morgan fingerprint density at radius 1 is 1.32 bits per heavy atom. The molecule has 0 amide bonds. The molecule has 3 rings (SSSR count). The average molecular weight is 370 g/mol. The van der Waals surface area contributed by atoms with Crippen LogP contribution in [0.15, 0.2) is 11.4 Å². The van der Waals surface area contributed by atoms with E-state index in [-0.39, 0.29) is 16.3 Å². The van der Waals surface area contributed by atoms with Gasteiger partial charge >= 0.3 is 0 Å². The van der Waals surface area contributed by atoms with Crippen LogP contribution in [0.3, 0.4) is 0 Å². The highest BCUT2D eigenvalue weighted by molar-refractivity contribution is 7.91. The lowest BCUT2D eigenvalue weighted by Crippen LogP contribution is -2.32. The number of sulfone groups is 1. The van der Waals surface area contributed by atoms with E-state index in [2.05, 4.69) is 9.88 Å². The van der Waals surface area contributed by atoms with Crippen LogP contribution in [-0.2, 0) is 27.7 Å². The molecule has 0 N–H and O–H groups in total. The van der Waals surface area contributed by atoms with Crippen LogP contribution in [0, 0.1) is 11.3 Å². The van der Waals surface area contributed by atoms with Crippen molar-refractivity contribution in [3.8, 4) is 0 Å². The summed E-state index contributed by atoms with van der Waals surface area (Å²) in [4.78, 5) is 6.82. The maximum Gasteiger partial charge on any atom is 0.227 e. The van der Waals surface area contributed by atoms with Gasteiger partial charge in [0.25, 0.3) is 0 Å². The number of methoxy groups -OCH3 is 1. The third kappa shape index (κ3) is 4.26. The molecule has 2 unspecified atom stereocenters. The van der Waals surface area contributed by atoms with Gasteiger partial charge < -0.3 is 9.30 Å². The molecule has 7 heteroatoms. The first-order chi connectivity index (χ1) is 11.7. The number of hydrogen-bond acceptors (Lipinski definition) is 5. The minimum atomic E-state index is -3.42. The van der Waals surface area contributed by atoms with Crippen molar-refractivity contribution in [3.05, 3.63) is 11.9 Å². The predicted molar refractivity (Wildman–Crippen MR) is 97.1 cm³/mol. The highest BCUT2D eigenvalue weighted by Gasteiger charge is 2.38. The number of imidazole rings is 1. The lowest BCUT2D eigenvalue weighted by Gasteiger charge is -2.27. The van der Waals surface area contributed by atoms with Gasteiger partial charge in [0.1, 0.15) is 0 Å². The molecule has 0 aromatic carbocycles. The average Bonchev–Trinajstić information content (AvgIpc) is 3.18. The maximum atomic E-state index is 12.9. The first kappa shape index (κ1) is 18.9. The van der Waals surface area contributed by atoms with Gasteiger partial charge in [0, 0.05) is 32.8 Å². The fraction of sp³-hybridized carbons (Fsp3) is 0.833. The molecular formula is C18H31N3O3S. The number of rotatable bonds is 7. The largest absolute Gasteiger partial charge is 0.383 e. The summed E-state index contributed by atoms with van der Waals surface area (Å²) >= 11 is 0. The number of hydrogen-bond donors (Lipinski definition) is 0. The second-order valence-electron chi connectivity index (χ2n) is 8.76. The van der Waals surface area contributed by atoms with Crippen LogP contribution in [-0.4, -0.2) is 54.9 Å². The molecule has 1 saturated heterocycles. The molecule has 1 aliphatic heterocycles. The second kappa shape index (κ2) is 7.00. The number of likely N-dealkylation sites (tertiary alicyclic amines) is 1. The van der Waals surface area contributed by atoms with Crippen LogP contribution in [0.1, 0.15) is 45.7 Å². The van der Waals surface area contributed by atoms with Gasteiger partial charge in [-0.05, 0) is 30.6 Å². The summed E-state index contributed by atoms with van der Waals surface area (Å²) in [5.74, 6) is 0.919. The molecule has 1 aromatic rings. The second-order valence-corrected chi connectivity index (χ2v) is 10.6. The van der Waals surface area contributed by atoms with E-state index in [0.717, 1.165) is 24.7 Å². The van der Waals surface area contributed by atoms with Gasteiger partial charge in [0.05, 0.1) is 24.3 Å². The van der Waals surface area contributed by atoms with Crippen LogP contribution in [0.2, 0.25) is 0 Å². The number of fused-ring (bicyclic) bond motifs is 2. The Kier molecular flexibility index (Phi) is 5.28. The van der Waals surface area contributed by atoms with Crippen LogP contribution >= 0.6 is 0 Å². The van der Waals surface area contributed by atoms with E-state index in [9.17, 15) is 8.42 Å². The maximum absolute atomic E-state index is 12.9. The molecule has 1 aliphatic carbocycles. The molecule has 0 spiro atoms. The summed E-state index contributed by atoms with van der Waals surface area (Å²) in [5.41, 5.74) is 0.683. The standard InChI is InChI=1S/C18H31N3O3S/c1-18(2,3)13-25(22,23)17-19-10-16(21(17)7-8-24-4)12-20-11-14-5-6-15(20)9-14/h10,14-15H,5-9,11-13H2,1-4H3. The Balaban J connectivity index is 1.85. The molecule has 2 bridgehead atoms. The molecule has 1 saturated carbocycles. The van der Waals surface area contributed by atoms with Crippen molar-refractivity contribution in [2.45, 2.75) is 64.3 Å². The Morgan fingerprint density at radius 2 is 2.08 bits per heavy atom. The van der Waals surface area contributed by atoms with E-state index in [1.54, 1.807) is 13.3 Å². The molecule has 6 nitrogen and oxygen atoms in total. The molecule has 2 heterocycles. The number of piperidine rings is 1. The smallest absolute Gasteiger partial charge is 0.227 e. The van der Waals surface area contributed by atoms with E-state index >= 15 is 0 Å². The van der Waals surface area contributed by atoms with Crippen molar-refractivity contribution < 1.29 is 13.2 Å². The Labute approximate surface area is 151 Å². The van der Waals surface area contributed by atoms with Gasteiger partial charge in [-0.3, -0.25) is 4.90 Å². The molecule has 2 fully saturated rings. The molecule has 2 aliphatic rings. The lowest BCUT2D eigenvalue weighted by atomic mass is 10.0. The van der Waals surface area contributed by atoms with Crippen molar-refractivity contribution in [2.24, 2.45) is 11.3 Å². The minimum Gasteiger partial charge on any atom is -0.383 e. The van der Waals surface area contributed by atoms with Gasteiger partial charge in [0.2, 0.25) is 15.0 Å². The molecule has 25 heavy (non-hydrogen) atoms. The van der Waals surface area contributed by atoms with Crippen molar-refractivity contribution >= 4 is 9.84 Å². The molecule has 0 radical (unpaired) electrons. The van der Waals surface area contributed by atoms with Gasteiger partial charge in [0.15, 0.2) is 0 Å². The van der Waals surface area contributed by atoms with Gasteiger partial charge in [-0.1, -0.05) is 20.8 Å². The van der Waals surface area contributed by atoms with E-state index in [1.807, 2.05) is 25.3 Å². The summed E-state index contributed by atoms with van der Waals surface area (Å²) in [6.45, 7) is 8.73. The lowest BCUT2D eigenvalue weighted by molar-refractivity contribution is 0.175. The quantitative estimate of drug-likeness (QED) is 0.738. The molecule has 2 atom stereocenters. The summed E-state index contributed by atoms with van der Waals surface area (Å²) in [7, 11) is -1.79. The molecule has 1 aromatic heterocycles. The summed E-state index contributed by atoms with van der Waals surface area (Å²) in [5, 5.41) is 0.193. The molecule has 142 valence electrons. The van der Waals surface area contributed by atoms with Crippen LogP contribution in [0.5, 0.6) is 0 Å². The minimum absolute atomic E-state index is 0.0951. The van der Waals surface area contributed by atoms with Crippen molar-refractivity contribution in [2.75, 3.05) is 26.0 Å². The molecular weight excluding hydrogens is 338 g/mol. The summed E-state index contributed by atoms with van der Waals surface area (Å²) in [6, 6.07) is 0.658. The summed E-state index contributed by atoms with van der Waals surface area (Å²) < 4.78 is 32.8. The first-order valence-electron chi connectivity index (χ1n) is 9.20. The summed E-state index contributed by atoms with van der Waals surface area (Å²) in [6.07, 6.45) is 5.65. The predicted octanol–water partition coefficient (Wildman–Crippen LogP) is 2.33. The third-order valence-electron chi connectivity index (χ3n) is 5.21. The highest BCUT2D eigenvalue weighted by Crippen LogP contribution is 2.38. The zero-order chi connectivity index (χ0) is 18.2. The topological polar surface area (TPSA) is 64.4 Å². The Hall–Kier alpha value is -0.920.